The van der Waals surface area contributed by atoms with E-state index in [-0.39, 0.29) is 18.3 Å². The van der Waals surface area contributed by atoms with Gasteiger partial charge in [-0.3, -0.25) is 14.6 Å². The lowest BCUT2D eigenvalue weighted by Gasteiger charge is -2.17. The number of Topliss-reactive ketones (excluding diaryl/α,β-unsaturated/α-hetero) is 1. The van der Waals surface area contributed by atoms with Gasteiger partial charge in [0.05, 0.1) is 0 Å². The number of aromatic nitrogens is 1. The lowest BCUT2D eigenvalue weighted by molar-refractivity contribution is -0.132. The zero-order valence-corrected chi connectivity index (χ0v) is 14.1. The maximum Gasteiger partial charge on any atom is 0.260 e. The number of hydrogen-bond donors (Lipinski definition) is 0. The molecule has 0 bridgehead atoms. The van der Waals surface area contributed by atoms with Crippen LogP contribution in [0.3, 0.4) is 0 Å². The number of carbonyl (C=O) groups is 2. The topological polar surface area (TPSA) is 59.5 Å². The van der Waals surface area contributed by atoms with E-state index < -0.39 is 0 Å². The molecule has 2 rings (SSSR count). The van der Waals surface area contributed by atoms with Gasteiger partial charge in [-0.15, -0.1) is 0 Å². The number of pyridine rings is 1. The third-order valence-corrected chi connectivity index (χ3v) is 3.71. The number of carbonyl (C=O) groups excluding carboxylic acids is 2. The first-order chi connectivity index (χ1) is 11.6. The summed E-state index contributed by atoms with van der Waals surface area (Å²) in [4.78, 5) is 29.5. The average Bonchev–Trinajstić information content (AvgIpc) is 2.64. The van der Waals surface area contributed by atoms with Crippen molar-refractivity contribution in [1.29, 1.82) is 0 Å². The fourth-order valence-corrected chi connectivity index (χ4v) is 2.15. The zero-order valence-electron chi connectivity index (χ0n) is 14.1. The van der Waals surface area contributed by atoms with Crippen LogP contribution in [-0.2, 0) is 11.2 Å². The summed E-state index contributed by atoms with van der Waals surface area (Å²) in [5, 5.41) is 0. The molecule has 1 heterocycles. The number of nitrogens with zero attached hydrogens (tertiary/aromatic N) is 2. The van der Waals surface area contributed by atoms with Crippen molar-refractivity contribution in [3.05, 3.63) is 59.9 Å². The standard InChI is InChI=1S/C19H22N2O3/c1-3-18(22)15-7-9-17(10-8-15)24-14-19(23)21(2)13-11-16-6-4-5-12-20-16/h4-10,12H,3,11,13-14H2,1-2H3. The van der Waals surface area contributed by atoms with Crippen LogP contribution in [0.4, 0.5) is 0 Å². The van der Waals surface area contributed by atoms with Crippen LogP contribution in [-0.4, -0.2) is 41.8 Å². The Morgan fingerprint density at radius 1 is 1.12 bits per heavy atom. The van der Waals surface area contributed by atoms with Gasteiger partial charge in [-0.25, -0.2) is 0 Å². The highest BCUT2D eigenvalue weighted by molar-refractivity contribution is 5.95. The van der Waals surface area contributed by atoms with Crippen molar-refractivity contribution in [2.45, 2.75) is 19.8 Å². The van der Waals surface area contributed by atoms with Crippen LogP contribution in [0.25, 0.3) is 0 Å². The summed E-state index contributed by atoms with van der Waals surface area (Å²) in [6, 6.07) is 12.6. The summed E-state index contributed by atoms with van der Waals surface area (Å²) >= 11 is 0. The monoisotopic (exact) mass is 326 g/mol. The molecule has 126 valence electrons. The summed E-state index contributed by atoms with van der Waals surface area (Å²) in [7, 11) is 1.75. The average molecular weight is 326 g/mol. The van der Waals surface area contributed by atoms with Gasteiger partial charge >= 0.3 is 0 Å². The first kappa shape index (κ1) is 17.7. The van der Waals surface area contributed by atoms with Gasteiger partial charge in [0.2, 0.25) is 0 Å². The van der Waals surface area contributed by atoms with Crippen molar-refractivity contribution in [3.63, 3.8) is 0 Å². The molecule has 0 radical (unpaired) electrons. The van der Waals surface area contributed by atoms with E-state index in [9.17, 15) is 9.59 Å². The van der Waals surface area contributed by atoms with Gasteiger partial charge < -0.3 is 9.64 Å². The molecule has 0 saturated carbocycles. The van der Waals surface area contributed by atoms with Crippen LogP contribution in [0.1, 0.15) is 29.4 Å². The fraction of sp³-hybridized carbons (Fsp3) is 0.316. The van der Waals surface area contributed by atoms with Crippen molar-refractivity contribution < 1.29 is 14.3 Å². The van der Waals surface area contributed by atoms with Crippen LogP contribution in [0.2, 0.25) is 0 Å². The van der Waals surface area contributed by atoms with Gasteiger partial charge in [0.15, 0.2) is 12.4 Å². The molecule has 0 N–H and O–H groups in total. The van der Waals surface area contributed by atoms with Crippen LogP contribution in [0.15, 0.2) is 48.7 Å². The summed E-state index contributed by atoms with van der Waals surface area (Å²) in [5.41, 5.74) is 1.61. The van der Waals surface area contributed by atoms with E-state index in [1.165, 1.54) is 0 Å². The largest absolute Gasteiger partial charge is 0.484 e. The Hall–Kier alpha value is -2.69. The Labute approximate surface area is 142 Å². The first-order valence-corrected chi connectivity index (χ1v) is 8.00. The minimum absolute atomic E-state index is 0.0280. The Bertz CT molecular complexity index is 669. The maximum absolute atomic E-state index is 12.1. The molecule has 0 aliphatic carbocycles. The highest BCUT2D eigenvalue weighted by Gasteiger charge is 2.10. The van der Waals surface area contributed by atoms with E-state index in [1.54, 1.807) is 42.4 Å². The molecular weight excluding hydrogens is 304 g/mol. The zero-order chi connectivity index (χ0) is 17.4. The molecule has 1 aromatic heterocycles. The number of ketones is 1. The van der Waals surface area contributed by atoms with Crippen LogP contribution < -0.4 is 4.74 Å². The lowest BCUT2D eigenvalue weighted by Crippen LogP contribution is -2.33. The van der Waals surface area contributed by atoms with Crippen molar-refractivity contribution >= 4 is 11.7 Å². The molecule has 0 aliphatic rings. The van der Waals surface area contributed by atoms with Gasteiger partial charge in [-0.05, 0) is 36.4 Å². The van der Waals surface area contributed by atoms with E-state index in [0.717, 1.165) is 5.69 Å². The Morgan fingerprint density at radius 3 is 2.50 bits per heavy atom. The minimum atomic E-state index is -0.0976. The molecule has 24 heavy (non-hydrogen) atoms. The van der Waals surface area contributed by atoms with Gasteiger partial charge in [-0.2, -0.15) is 0 Å². The summed E-state index contributed by atoms with van der Waals surface area (Å²) in [6.07, 6.45) is 2.92. The molecule has 2 aromatic rings. The van der Waals surface area contributed by atoms with Gasteiger partial charge in [-0.1, -0.05) is 13.0 Å². The normalized spacial score (nSPS) is 10.2. The molecule has 1 amide bonds. The Kier molecular flexibility index (Phi) is 6.49. The van der Waals surface area contributed by atoms with E-state index >= 15 is 0 Å². The number of amides is 1. The molecule has 1 aromatic carbocycles. The second-order valence-corrected chi connectivity index (χ2v) is 5.48. The van der Waals surface area contributed by atoms with Crippen LogP contribution in [0, 0.1) is 0 Å². The predicted molar refractivity (Wildman–Crippen MR) is 92.1 cm³/mol. The van der Waals surface area contributed by atoms with Crippen molar-refractivity contribution in [2.75, 3.05) is 20.2 Å². The molecule has 0 atom stereocenters. The quantitative estimate of drug-likeness (QED) is 0.700. The Morgan fingerprint density at radius 2 is 1.88 bits per heavy atom. The molecular formula is C19H22N2O3. The molecule has 0 unspecified atom stereocenters. The second kappa shape index (κ2) is 8.82. The van der Waals surface area contributed by atoms with Crippen molar-refractivity contribution in [1.82, 2.24) is 9.88 Å². The van der Waals surface area contributed by atoms with Crippen molar-refractivity contribution in [2.24, 2.45) is 0 Å². The van der Waals surface area contributed by atoms with Crippen LogP contribution in [0.5, 0.6) is 5.75 Å². The van der Waals surface area contributed by atoms with E-state index in [0.29, 0.717) is 30.7 Å². The number of benzene rings is 1. The third kappa shape index (κ3) is 5.19. The second-order valence-electron chi connectivity index (χ2n) is 5.48. The van der Waals surface area contributed by atoms with E-state index in [4.69, 9.17) is 4.74 Å². The first-order valence-electron chi connectivity index (χ1n) is 8.00. The molecule has 5 heteroatoms. The van der Waals surface area contributed by atoms with Crippen molar-refractivity contribution in [3.8, 4) is 5.75 Å². The predicted octanol–water partition coefficient (Wildman–Crippen LogP) is 2.75. The molecule has 0 fully saturated rings. The minimum Gasteiger partial charge on any atom is -0.484 e. The molecule has 0 spiro atoms. The number of ether oxygens (including phenoxy) is 1. The lowest BCUT2D eigenvalue weighted by atomic mass is 10.1. The number of hydrogen-bond acceptors (Lipinski definition) is 4. The third-order valence-electron chi connectivity index (χ3n) is 3.71. The Balaban J connectivity index is 1.78. The van der Waals surface area contributed by atoms with E-state index in [1.807, 2.05) is 25.1 Å². The van der Waals surface area contributed by atoms with Gasteiger partial charge in [0, 0.05) is 43.9 Å². The smallest absolute Gasteiger partial charge is 0.260 e. The summed E-state index contributed by atoms with van der Waals surface area (Å²) < 4.78 is 5.49. The molecule has 0 aliphatic heterocycles. The summed E-state index contributed by atoms with van der Waals surface area (Å²) in [6.45, 7) is 2.38. The molecule has 0 saturated heterocycles. The van der Waals surface area contributed by atoms with E-state index in [2.05, 4.69) is 4.98 Å². The summed E-state index contributed by atoms with van der Waals surface area (Å²) in [5.74, 6) is 0.570. The van der Waals surface area contributed by atoms with Crippen LogP contribution >= 0.6 is 0 Å². The highest BCUT2D eigenvalue weighted by atomic mass is 16.5. The maximum atomic E-state index is 12.1. The molecule has 5 nitrogen and oxygen atoms in total. The SMILES string of the molecule is CCC(=O)c1ccc(OCC(=O)N(C)CCc2ccccn2)cc1. The highest BCUT2D eigenvalue weighted by Crippen LogP contribution is 2.13. The fourth-order valence-electron chi connectivity index (χ4n) is 2.15. The number of rotatable bonds is 8. The van der Waals surface area contributed by atoms with Gasteiger partial charge in [0.25, 0.3) is 5.91 Å². The number of likely N-dealkylation sites (N-methyl/N-ethyl adjacent to an activating group) is 1. The van der Waals surface area contributed by atoms with Gasteiger partial charge in [0.1, 0.15) is 5.75 Å².